The molecule has 0 amide bonds. The van der Waals surface area contributed by atoms with Gasteiger partial charge in [0, 0.05) is 32.2 Å². The Morgan fingerprint density at radius 1 is 1.32 bits per heavy atom. The molecule has 106 valence electrons. The fraction of sp³-hybridized carbons (Fsp3) is 0.667. The summed E-state index contributed by atoms with van der Waals surface area (Å²) in [7, 11) is 4.03. The Bertz CT molecular complexity index is 577. The minimum atomic E-state index is -0.560. The summed E-state index contributed by atoms with van der Waals surface area (Å²) in [5.74, 6) is -0.240. The van der Waals surface area contributed by atoms with E-state index in [2.05, 4.69) is 14.8 Å². The first kappa shape index (κ1) is 13.8. The number of aromatic hydroxyl groups is 1. The Morgan fingerprint density at radius 3 is 2.68 bits per heavy atom. The average molecular weight is 268 g/mol. The van der Waals surface area contributed by atoms with Crippen LogP contribution in [0.25, 0.3) is 0 Å². The molecule has 1 aliphatic rings. The summed E-state index contributed by atoms with van der Waals surface area (Å²) in [5, 5.41) is 9.95. The molecule has 7 nitrogen and oxygen atoms in total. The number of hydrogen-bond donors (Lipinski definition) is 2. The standard InChI is InChI=1S/C12H20N4O3/c1-8-10(17)13-12(19)16(11(8)18)7-9-6-14(2)4-5-15(9)3/h9,18H,4-7H2,1-3H3,(H,13,17,19). The van der Waals surface area contributed by atoms with Crippen LogP contribution in [-0.2, 0) is 6.54 Å². The summed E-state index contributed by atoms with van der Waals surface area (Å²) in [6.07, 6.45) is 0. The summed E-state index contributed by atoms with van der Waals surface area (Å²) in [6, 6.07) is 0.132. The second-order valence-electron chi connectivity index (χ2n) is 5.22. The van der Waals surface area contributed by atoms with E-state index in [1.807, 2.05) is 14.1 Å². The van der Waals surface area contributed by atoms with Gasteiger partial charge in [-0.05, 0) is 21.0 Å². The van der Waals surface area contributed by atoms with Crippen LogP contribution in [0.2, 0.25) is 0 Å². The Labute approximate surface area is 111 Å². The van der Waals surface area contributed by atoms with Gasteiger partial charge in [-0.3, -0.25) is 19.2 Å². The molecule has 1 fully saturated rings. The van der Waals surface area contributed by atoms with Gasteiger partial charge in [0.2, 0.25) is 5.88 Å². The normalized spacial score (nSPS) is 21.7. The lowest BCUT2D eigenvalue weighted by molar-refractivity contribution is 0.0999. The molecule has 1 aliphatic heterocycles. The van der Waals surface area contributed by atoms with E-state index >= 15 is 0 Å². The van der Waals surface area contributed by atoms with Crippen LogP contribution in [0.15, 0.2) is 9.59 Å². The van der Waals surface area contributed by atoms with Crippen LogP contribution < -0.4 is 11.2 Å². The van der Waals surface area contributed by atoms with Gasteiger partial charge in [0.05, 0.1) is 5.56 Å². The summed E-state index contributed by atoms with van der Waals surface area (Å²) >= 11 is 0. The van der Waals surface area contributed by atoms with E-state index in [-0.39, 0.29) is 17.5 Å². The van der Waals surface area contributed by atoms with Gasteiger partial charge in [-0.1, -0.05) is 0 Å². The number of nitrogens with zero attached hydrogens (tertiary/aromatic N) is 3. The molecule has 7 heteroatoms. The fourth-order valence-electron chi connectivity index (χ4n) is 2.34. The van der Waals surface area contributed by atoms with Crippen molar-refractivity contribution in [3.05, 3.63) is 26.4 Å². The van der Waals surface area contributed by atoms with E-state index in [0.717, 1.165) is 19.6 Å². The van der Waals surface area contributed by atoms with Crippen molar-refractivity contribution in [2.75, 3.05) is 33.7 Å². The van der Waals surface area contributed by atoms with Crippen molar-refractivity contribution in [2.24, 2.45) is 0 Å². The molecular formula is C12H20N4O3. The summed E-state index contributed by atoms with van der Waals surface area (Å²) in [5.41, 5.74) is -0.922. The predicted molar refractivity (Wildman–Crippen MR) is 71.6 cm³/mol. The minimum Gasteiger partial charge on any atom is -0.494 e. The lowest BCUT2D eigenvalue weighted by atomic mass is 10.2. The van der Waals surface area contributed by atoms with Gasteiger partial charge in [-0.15, -0.1) is 0 Å². The van der Waals surface area contributed by atoms with Crippen LogP contribution in [-0.4, -0.2) is 64.2 Å². The first-order valence-electron chi connectivity index (χ1n) is 6.31. The molecule has 1 aromatic heterocycles. The molecule has 2 heterocycles. The Morgan fingerprint density at radius 2 is 2.00 bits per heavy atom. The highest BCUT2D eigenvalue weighted by molar-refractivity contribution is 5.20. The van der Waals surface area contributed by atoms with Gasteiger partial charge in [-0.25, -0.2) is 4.79 Å². The van der Waals surface area contributed by atoms with Crippen molar-refractivity contribution < 1.29 is 5.11 Å². The molecule has 0 radical (unpaired) electrons. The molecule has 0 bridgehead atoms. The van der Waals surface area contributed by atoms with Crippen molar-refractivity contribution >= 4 is 0 Å². The predicted octanol–water partition coefficient (Wildman–Crippen LogP) is -1.20. The largest absolute Gasteiger partial charge is 0.494 e. The molecule has 0 saturated carbocycles. The third-order valence-electron chi connectivity index (χ3n) is 3.77. The second-order valence-corrected chi connectivity index (χ2v) is 5.22. The highest BCUT2D eigenvalue weighted by atomic mass is 16.3. The number of piperazine rings is 1. The smallest absolute Gasteiger partial charge is 0.331 e. The highest BCUT2D eigenvalue weighted by Crippen LogP contribution is 2.13. The molecule has 2 N–H and O–H groups in total. The van der Waals surface area contributed by atoms with Crippen molar-refractivity contribution in [1.29, 1.82) is 0 Å². The zero-order chi connectivity index (χ0) is 14.2. The first-order valence-corrected chi connectivity index (χ1v) is 6.31. The van der Waals surface area contributed by atoms with Gasteiger partial charge in [-0.2, -0.15) is 0 Å². The third-order valence-corrected chi connectivity index (χ3v) is 3.77. The van der Waals surface area contributed by atoms with E-state index < -0.39 is 11.2 Å². The number of likely N-dealkylation sites (N-methyl/N-ethyl adjacent to an activating group) is 2. The van der Waals surface area contributed by atoms with Gasteiger partial charge < -0.3 is 10.0 Å². The van der Waals surface area contributed by atoms with Crippen LogP contribution in [0.1, 0.15) is 5.56 Å². The monoisotopic (exact) mass is 268 g/mol. The number of rotatable bonds is 2. The van der Waals surface area contributed by atoms with Crippen LogP contribution in [0.4, 0.5) is 0 Å². The SMILES string of the molecule is Cc1c(O)n(CC2CN(C)CCN2C)c(=O)[nH]c1=O. The Balaban J connectivity index is 2.31. The topological polar surface area (TPSA) is 81.6 Å². The third kappa shape index (κ3) is 2.71. The molecule has 1 atom stereocenters. The summed E-state index contributed by atoms with van der Waals surface area (Å²) in [4.78, 5) is 29.7. The van der Waals surface area contributed by atoms with E-state index in [4.69, 9.17) is 0 Å². The Kier molecular flexibility index (Phi) is 3.77. The Hall–Kier alpha value is -1.60. The van der Waals surface area contributed by atoms with Crippen LogP contribution in [0.3, 0.4) is 0 Å². The summed E-state index contributed by atoms with van der Waals surface area (Å²) in [6.45, 7) is 4.59. The van der Waals surface area contributed by atoms with E-state index in [0.29, 0.717) is 6.54 Å². The average Bonchev–Trinajstić information content (AvgIpc) is 2.36. The lowest BCUT2D eigenvalue weighted by Crippen LogP contribution is -2.52. The van der Waals surface area contributed by atoms with E-state index in [9.17, 15) is 14.7 Å². The summed E-state index contributed by atoms with van der Waals surface area (Å²) < 4.78 is 1.23. The molecule has 0 aromatic carbocycles. The minimum absolute atomic E-state index is 0.132. The first-order chi connectivity index (χ1) is 8.90. The van der Waals surface area contributed by atoms with Gasteiger partial charge in [0.15, 0.2) is 0 Å². The highest BCUT2D eigenvalue weighted by Gasteiger charge is 2.24. The molecule has 1 saturated heterocycles. The van der Waals surface area contributed by atoms with Crippen LogP contribution in [0.5, 0.6) is 5.88 Å². The molecule has 1 unspecified atom stereocenters. The molecule has 0 spiro atoms. The molecule has 1 aromatic rings. The number of aromatic nitrogens is 2. The van der Waals surface area contributed by atoms with E-state index in [1.54, 1.807) is 0 Å². The molecule has 19 heavy (non-hydrogen) atoms. The van der Waals surface area contributed by atoms with Crippen molar-refractivity contribution in [2.45, 2.75) is 19.5 Å². The number of hydrogen-bond acceptors (Lipinski definition) is 5. The van der Waals surface area contributed by atoms with Gasteiger partial charge >= 0.3 is 5.69 Å². The fourth-order valence-corrected chi connectivity index (χ4v) is 2.34. The van der Waals surface area contributed by atoms with Crippen molar-refractivity contribution in [3.8, 4) is 5.88 Å². The maximum Gasteiger partial charge on any atom is 0.331 e. The second kappa shape index (κ2) is 5.18. The maximum atomic E-state index is 11.8. The van der Waals surface area contributed by atoms with Crippen LogP contribution in [0, 0.1) is 6.92 Å². The molecule has 0 aliphatic carbocycles. The zero-order valence-electron chi connectivity index (χ0n) is 11.5. The zero-order valence-corrected chi connectivity index (χ0v) is 11.5. The quantitative estimate of drug-likeness (QED) is 0.704. The lowest BCUT2D eigenvalue weighted by Gasteiger charge is -2.37. The molecular weight excluding hydrogens is 248 g/mol. The number of aromatic amines is 1. The van der Waals surface area contributed by atoms with Gasteiger partial charge in [0.25, 0.3) is 5.56 Å². The van der Waals surface area contributed by atoms with E-state index in [1.165, 1.54) is 11.5 Å². The van der Waals surface area contributed by atoms with Gasteiger partial charge in [0.1, 0.15) is 0 Å². The van der Waals surface area contributed by atoms with Crippen molar-refractivity contribution in [3.63, 3.8) is 0 Å². The number of nitrogens with one attached hydrogen (secondary N) is 1. The van der Waals surface area contributed by atoms with Crippen molar-refractivity contribution in [1.82, 2.24) is 19.4 Å². The maximum absolute atomic E-state index is 11.8. The number of H-pyrrole nitrogens is 1. The van der Waals surface area contributed by atoms with Crippen LogP contribution >= 0.6 is 0 Å². The molecule has 2 rings (SSSR count).